The van der Waals surface area contributed by atoms with Gasteiger partial charge in [-0.25, -0.2) is 0 Å². The fraction of sp³-hybridized carbons (Fsp3) is 0. The predicted octanol–water partition coefficient (Wildman–Crippen LogP) is 17.3. The lowest BCUT2D eigenvalue weighted by Gasteiger charge is -2.26. The molecule has 12 aromatic rings. The molecule has 2 aromatic heterocycles. The second-order valence-electron chi connectivity index (χ2n) is 16.1. The Bertz CT molecular complexity index is 3430. The minimum Gasteiger partial charge on any atom is -0.456 e. The van der Waals surface area contributed by atoms with Crippen molar-refractivity contribution < 1.29 is 8.83 Å². The van der Waals surface area contributed by atoms with Crippen molar-refractivity contribution in [3.63, 3.8) is 0 Å². The molecule has 0 aliphatic carbocycles. The van der Waals surface area contributed by atoms with Crippen LogP contribution < -0.4 is 4.90 Å². The van der Waals surface area contributed by atoms with Gasteiger partial charge in [0.25, 0.3) is 0 Å². The van der Waals surface area contributed by atoms with Gasteiger partial charge in [0.2, 0.25) is 0 Å². The lowest BCUT2D eigenvalue weighted by Crippen LogP contribution is -2.09. The number of furan rings is 2. The van der Waals surface area contributed by atoms with E-state index in [9.17, 15) is 0 Å². The van der Waals surface area contributed by atoms with Gasteiger partial charge >= 0.3 is 0 Å². The van der Waals surface area contributed by atoms with Crippen molar-refractivity contribution in [1.29, 1.82) is 0 Å². The third-order valence-corrected chi connectivity index (χ3v) is 12.3. The summed E-state index contributed by atoms with van der Waals surface area (Å²) in [5.41, 5.74) is 18.3. The third kappa shape index (κ3) is 6.73. The molecule has 2 heterocycles. The van der Waals surface area contributed by atoms with Crippen molar-refractivity contribution in [1.82, 2.24) is 0 Å². The maximum Gasteiger partial charge on any atom is 0.137 e. The average molecular weight is 806 g/mol. The molecule has 0 aliphatic rings. The fourth-order valence-corrected chi connectivity index (χ4v) is 9.01. The van der Waals surface area contributed by atoms with E-state index in [-0.39, 0.29) is 0 Å². The maximum atomic E-state index is 6.70. The van der Waals surface area contributed by atoms with Gasteiger partial charge in [-0.2, -0.15) is 0 Å². The first-order valence-electron chi connectivity index (χ1n) is 21.4. The van der Waals surface area contributed by atoms with Crippen LogP contribution in [-0.4, -0.2) is 0 Å². The van der Waals surface area contributed by atoms with Crippen LogP contribution in [0.5, 0.6) is 0 Å². The molecule has 0 bridgehead atoms. The van der Waals surface area contributed by atoms with Crippen LogP contribution in [-0.2, 0) is 0 Å². The number of hydrogen-bond acceptors (Lipinski definition) is 3. The zero-order valence-electron chi connectivity index (χ0n) is 34.3. The van der Waals surface area contributed by atoms with Crippen molar-refractivity contribution in [2.45, 2.75) is 0 Å². The van der Waals surface area contributed by atoms with Gasteiger partial charge in [-0.05, 0) is 116 Å². The quantitative estimate of drug-likeness (QED) is 0.153. The lowest BCUT2D eigenvalue weighted by atomic mass is 9.99. The van der Waals surface area contributed by atoms with Crippen molar-refractivity contribution in [2.24, 2.45) is 0 Å². The molecule has 0 saturated carbocycles. The molecule has 0 radical (unpaired) electrons. The lowest BCUT2D eigenvalue weighted by molar-refractivity contribution is 0.664. The van der Waals surface area contributed by atoms with Gasteiger partial charge in [0.15, 0.2) is 0 Å². The molecule has 0 spiro atoms. The largest absolute Gasteiger partial charge is 0.456 e. The number of fused-ring (bicyclic) bond motifs is 6. The Morgan fingerprint density at radius 1 is 0.206 bits per heavy atom. The summed E-state index contributed by atoms with van der Waals surface area (Å²) < 4.78 is 13.2. The molecule has 3 nitrogen and oxygen atoms in total. The molecule has 0 aliphatic heterocycles. The Labute approximate surface area is 365 Å². The third-order valence-electron chi connectivity index (χ3n) is 12.3. The van der Waals surface area contributed by atoms with Crippen LogP contribution in [0, 0.1) is 0 Å². The summed E-state index contributed by atoms with van der Waals surface area (Å²) in [6, 6.07) is 84.0. The number of hydrogen-bond donors (Lipinski definition) is 0. The molecule has 10 aromatic carbocycles. The molecule has 0 atom stereocenters. The Hall–Kier alpha value is -8.40. The van der Waals surface area contributed by atoms with E-state index >= 15 is 0 Å². The first kappa shape index (κ1) is 36.5. The second kappa shape index (κ2) is 15.3. The molecule has 0 amide bonds. The van der Waals surface area contributed by atoms with Crippen molar-refractivity contribution >= 4 is 60.9 Å². The van der Waals surface area contributed by atoms with Crippen LogP contribution >= 0.6 is 0 Å². The highest BCUT2D eigenvalue weighted by atomic mass is 16.3. The van der Waals surface area contributed by atoms with Gasteiger partial charge in [0, 0.05) is 44.7 Å². The van der Waals surface area contributed by atoms with Crippen LogP contribution in [0.1, 0.15) is 0 Å². The van der Waals surface area contributed by atoms with Crippen LogP contribution in [0.3, 0.4) is 0 Å². The highest BCUT2D eigenvalue weighted by molar-refractivity contribution is 6.15. The molecule has 63 heavy (non-hydrogen) atoms. The van der Waals surface area contributed by atoms with Crippen LogP contribution in [0.2, 0.25) is 0 Å². The zero-order chi connectivity index (χ0) is 41.7. The van der Waals surface area contributed by atoms with Gasteiger partial charge in [-0.3, -0.25) is 0 Å². The molecule has 0 unspecified atom stereocenters. The summed E-state index contributed by atoms with van der Waals surface area (Å²) in [7, 11) is 0. The minimum absolute atomic E-state index is 0.820. The Morgan fingerprint density at radius 2 is 0.492 bits per heavy atom. The molecule has 12 rings (SSSR count). The maximum absolute atomic E-state index is 6.70. The number of anilines is 3. The summed E-state index contributed by atoms with van der Waals surface area (Å²) in [5, 5.41) is 4.19. The van der Waals surface area contributed by atoms with E-state index in [0.717, 1.165) is 77.6 Å². The predicted molar refractivity (Wildman–Crippen MR) is 263 cm³/mol. The van der Waals surface area contributed by atoms with E-state index < -0.39 is 0 Å². The number of nitrogens with zero attached hydrogens (tertiary/aromatic N) is 1. The SMILES string of the molecule is c1ccc(-c2ccc(-c3ccc(N(c4ccc(-c5ccc(-c6ccccc6)cc5)cc4)c4ccc5c(c4)oc4cc6c(cc45)oc4cc(-c5ccccc5)ccc46)cc3)cc2)cc1. The molecule has 296 valence electrons. The summed E-state index contributed by atoms with van der Waals surface area (Å²) >= 11 is 0. The van der Waals surface area contributed by atoms with E-state index in [1.165, 1.54) is 38.9 Å². The smallest absolute Gasteiger partial charge is 0.137 e. The summed E-state index contributed by atoms with van der Waals surface area (Å²) in [6.07, 6.45) is 0. The van der Waals surface area contributed by atoms with Gasteiger partial charge in [0.05, 0.1) is 0 Å². The van der Waals surface area contributed by atoms with Crippen molar-refractivity contribution in [3.8, 4) is 55.6 Å². The van der Waals surface area contributed by atoms with Crippen LogP contribution in [0.4, 0.5) is 17.1 Å². The highest BCUT2D eigenvalue weighted by Gasteiger charge is 2.18. The zero-order valence-corrected chi connectivity index (χ0v) is 34.3. The standard InChI is InChI=1S/C60H39NO2/c1-4-10-40(11-5-1)43-16-20-45(21-17-43)47-24-29-50(30-25-47)61(51-31-26-48(27-32-51)46-22-18-44(19-23-46)41-12-6-2-7-13-41)52-33-35-54-56-39-59-55(38-60(56)63-58(54)37-52)53-34-28-49(36-57(53)62-59)42-14-8-3-9-15-42/h1-39H. The van der Waals surface area contributed by atoms with Crippen LogP contribution in [0.15, 0.2) is 245 Å². The Kier molecular flexibility index (Phi) is 8.83. The van der Waals surface area contributed by atoms with E-state index in [2.05, 4.69) is 235 Å². The monoisotopic (exact) mass is 805 g/mol. The summed E-state index contributed by atoms with van der Waals surface area (Å²) in [5.74, 6) is 0. The Balaban J connectivity index is 0.909. The van der Waals surface area contributed by atoms with E-state index in [4.69, 9.17) is 8.83 Å². The first-order valence-corrected chi connectivity index (χ1v) is 21.4. The summed E-state index contributed by atoms with van der Waals surface area (Å²) in [4.78, 5) is 2.31. The second-order valence-corrected chi connectivity index (χ2v) is 16.1. The molecule has 0 fully saturated rings. The normalized spacial score (nSPS) is 11.5. The number of benzene rings is 10. The number of rotatable bonds is 8. The van der Waals surface area contributed by atoms with Crippen LogP contribution in [0.25, 0.3) is 99.5 Å². The average Bonchev–Trinajstić information content (AvgIpc) is 3.91. The van der Waals surface area contributed by atoms with Crippen molar-refractivity contribution in [3.05, 3.63) is 237 Å². The fourth-order valence-electron chi connectivity index (χ4n) is 9.01. The van der Waals surface area contributed by atoms with Gasteiger partial charge < -0.3 is 13.7 Å². The molecular weight excluding hydrogens is 767 g/mol. The van der Waals surface area contributed by atoms with Gasteiger partial charge in [-0.15, -0.1) is 0 Å². The molecule has 0 saturated heterocycles. The molecule has 3 heteroatoms. The van der Waals surface area contributed by atoms with E-state index in [1.807, 2.05) is 6.07 Å². The first-order chi connectivity index (χ1) is 31.2. The van der Waals surface area contributed by atoms with Crippen molar-refractivity contribution in [2.75, 3.05) is 4.90 Å². The molecular formula is C60H39NO2. The van der Waals surface area contributed by atoms with E-state index in [0.29, 0.717) is 0 Å². The van der Waals surface area contributed by atoms with Gasteiger partial charge in [-0.1, -0.05) is 170 Å². The van der Waals surface area contributed by atoms with Gasteiger partial charge in [0.1, 0.15) is 22.3 Å². The minimum atomic E-state index is 0.820. The molecule has 0 N–H and O–H groups in total. The summed E-state index contributed by atoms with van der Waals surface area (Å²) in [6.45, 7) is 0. The van der Waals surface area contributed by atoms with E-state index in [1.54, 1.807) is 0 Å². The highest BCUT2D eigenvalue weighted by Crippen LogP contribution is 2.42. The topological polar surface area (TPSA) is 29.5 Å². The Morgan fingerprint density at radius 3 is 0.905 bits per heavy atom.